The minimum absolute atomic E-state index is 0.228. The minimum atomic E-state index is -0.481. The largest absolute Gasteiger partial charge is 0.462 e. The van der Waals surface area contributed by atoms with Gasteiger partial charge in [-0.25, -0.2) is 9.78 Å². The first-order valence-electron chi connectivity index (χ1n) is 11.8. The van der Waals surface area contributed by atoms with Crippen LogP contribution in [0.1, 0.15) is 33.2 Å². The Morgan fingerprint density at radius 1 is 0.973 bits per heavy atom. The van der Waals surface area contributed by atoms with E-state index in [4.69, 9.17) is 21.3 Å². The summed E-state index contributed by atoms with van der Waals surface area (Å²) >= 11 is 7.73. The summed E-state index contributed by atoms with van der Waals surface area (Å²) in [5.41, 5.74) is 5.47. The molecule has 2 heterocycles. The van der Waals surface area contributed by atoms with Gasteiger partial charge in [0.25, 0.3) is 5.91 Å². The van der Waals surface area contributed by atoms with Crippen molar-refractivity contribution in [1.82, 2.24) is 4.98 Å². The number of carbonyl (C=O) groups is 2. The van der Waals surface area contributed by atoms with Crippen LogP contribution in [0.15, 0.2) is 84.2 Å². The van der Waals surface area contributed by atoms with Gasteiger partial charge in [0.2, 0.25) is 0 Å². The number of anilines is 1. The Bertz CT molecular complexity index is 1630. The van der Waals surface area contributed by atoms with Crippen LogP contribution in [0.3, 0.4) is 0 Å². The van der Waals surface area contributed by atoms with Crippen molar-refractivity contribution < 1.29 is 14.3 Å². The Balaban J connectivity index is 1.59. The average Bonchev–Trinajstić information content (AvgIpc) is 3.32. The number of fused-ring (bicyclic) bond motifs is 1. The van der Waals surface area contributed by atoms with Gasteiger partial charge in [0, 0.05) is 26.9 Å². The van der Waals surface area contributed by atoms with E-state index >= 15 is 0 Å². The number of benzene rings is 3. The molecule has 5 nitrogen and oxygen atoms in total. The van der Waals surface area contributed by atoms with E-state index in [1.165, 1.54) is 11.3 Å². The lowest BCUT2D eigenvalue weighted by Gasteiger charge is -2.12. The molecular weight excluding hydrogens is 504 g/mol. The molecule has 0 aliphatic carbocycles. The number of hydrogen-bond acceptors (Lipinski definition) is 5. The summed E-state index contributed by atoms with van der Waals surface area (Å²) in [6, 6.07) is 24.4. The van der Waals surface area contributed by atoms with Gasteiger partial charge in [-0.1, -0.05) is 77.8 Å². The van der Waals surface area contributed by atoms with E-state index < -0.39 is 5.97 Å². The normalized spacial score (nSPS) is 10.9. The molecule has 7 heteroatoms. The van der Waals surface area contributed by atoms with Crippen LogP contribution >= 0.6 is 22.9 Å². The van der Waals surface area contributed by atoms with E-state index in [-0.39, 0.29) is 12.5 Å². The van der Waals surface area contributed by atoms with E-state index in [9.17, 15) is 9.59 Å². The molecule has 3 aromatic carbocycles. The minimum Gasteiger partial charge on any atom is -0.462 e. The average molecular weight is 527 g/mol. The molecule has 0 unspecified atom stereocenters. The third kappa shape index (κ3) is 4.99. The summed E-state index contributed by atoms with van der Waals surface area (Å²) in [4.78, 5) is 31.4. The molecule has 1 amide bonds. The molecule has 0 aliphatic heterocycles. The number of aryl methyl sites for hydroxylation is 1. The first kappa shape index (κ1) is 24.7. The van der Waals surface area contributed by atoms with Crippen molar-refractivity contribution in [3.05, 3.63) is 106 Å². The van der Waals surface area contributed by atoms with E-state index in [2.05, 4.69) is 5.32 Å². The third-order valence-corrected chi connectivity index (χ3v) is 7.20. The second-order valence-electron chi connectivity index (χ2n) is 8.45. The van der Waals surface area contributed by atoms with Crippen LogP contribution < -0.4 is 5.32 Å². The van der Waals surface area contributed by atoms with Gasteiger partial charge in [0.15, 0.2) is 0 Å². The maximum atomic E-state index is 13.7. The fourth-order valence-corrected chi connectivity index (χ4v) is 5.33. The first-order valence-corrected chi connectivity index (χ1v) is 13.0. The molecule has 1 N–H and O–H groups in total. The van der Waals surface area contributed by atoms with Gasteiger partial charge in [-0.15, -0.1) is 11.3 Å². The summed E-state index contributed by atoms with van der Waals surface area (Å²) in [5, 5.41) is 6.51. The lowest BCUT2D eigenvalue weighted by atomic mass is 10.0. The molecule has 5 rings (SSSR count). The number of hydrogen-bond donors (Lipinski definition) is 1. The highest BCUT2D eigenvalue weighted by atomic mass is 35.5. The number of halogens is 1. The number of esters is 1. The van der Waals surface area contributed by atoms with Crippen molar-refractivity contribution in [2.45, 2.75) is 13.8 Å². The van der Waals surface area contributed by atoms with Crippen LogP contribution in [0.2, 0.25) is 5.02 Å². The number of thiophene rings is 1. The van der Waals surface area contributed by atoms with Gasteiger partial charge in [-0.2, -0.15) is 0 Å². The van der Waals surface area contributed by atoms with E-state index in [0.717, 1.165) is 22.3 Å². The van der Waals surface area contributed by atoms with Crippen molar-refractivity contribution in [2.24, 2.45) is 0 Å². The maximum Gasteiger partial charge on any atom is 0.341 e. The highest BCUT2D eigenvalue weighted by Crippen LogP contribution is 2.37. The van der Waals surface area contributed by atoms with Crippen LogP contribution in [-0.4, -0.2) is 23.5 Å². The summed E-state index contributed by atoms with van der Waals surface area (Å²) in [7, 11) is 0. The topological polar surface area (TPSA) is 68.3 Å². The first-order chi connectivity index (χ1) is 18.0. The second kappa shape index (κ2) is 10.5. The molecule has 0 saturated heterocycles. The predicted octanol–water partition coefficient (Wildman–Crippen LogP) is 8.02. The quantitative estimate of drug-likeness (QED) is 0.227. The van der Waals surface area contributed by atoms with Gasteiger partial charge in [-0.3, -0.25) is 4.79 Å². The SMILES string of the molecule is CCOC(=O)c1c(-c2ccc(C)cc2)csc1NC(=O)c1cc(-c2ccccc2Cl)nc2ccccc12. The number of nitrogens with one attached hydrogen (secondary N) is 1. The summed E-state index contributed by atoms with van der Waals surface area (Å²) in [6.07, 6.45) is 0. The third-order valence-electron chi connectivity index (χ3n) is 5.97. The van der Waals surface area contributed by atoms with Crippen molar-refractivity contribution in [3.8, 4) is 22.4 Å². The summed E-state index contributed by atoms with van der Waals surface area (Å²) in [6.45, 7) is 3.99. The Morgan fingerprint density at radius 2 is 1.70 bits per heavy atom. The molecule has 0 atom stereocenters. The maximum absolute atomic E-state index is 13.7. The molecule has 0 saturated carbocycles. The predicted molar refractivity (Wildman–Crippen MR) is 151 cm³/mol. The molecule has 0 radical (unpaired) electrons. The monoisotopic (exact) mass is 526 g/mol. The number of amides is 1. The fraction of sp³-hybridized carbons (Fsp3) is 0.100. The summed E-state index contributed by atoms with van der Waals surface area (Å²) in [5.74, 6) is -0.833. The zero-order chi connectivity index (χ0) is 25.9. The number of aromatic nitrogens is 1. The van der Waals surface area contributed by atoms with Gasteiger partial charge < -0.3 is 10.1 Å². The highest BCUT2D eigenvalue weighted by molar-refractivity contribution is 7.15. The van der Waals surface area contributed by atoms with Crippen LogP contribution in [-0.2, 0) is 4.74 Å². The number of rotatable bonds is 6. The Kier molecular flexibility index (Phi) is 7.04. The van der Waals surface area contributed by atoms with Crippen LogP contribution in [0.5, 0.6) is 0 Å². The molecule has 184 valence electrons. The van der Waals surface area contributed by atoms with Crippen LogP contribution in [0.4, 0.5) is 5.00 Å². The van der Waals surface area contributed by atoms with E-state index in [0.29, 0.717) is 37.7 Å². The van der Waals surface area contributed by atoms with Crippen molar-refractivity contribution in [3.63, 3.8) is 0 Å². The van der Waals surface area contributed by atoms with Crippen molar-refractivity contribution in [1.29, 1.82) is 0 Å². The number of nitrogens with zero attached hydrogens (tertiary/aromatic N) is 1. The Labute approximate surface area is 223 Å². The van der Waals surface area contributed by atoms with E-state index in [1.807, 2.05) is 79.0 Å². The number of ether oxygens (including phenoxy) is 1. The molecule has 37 heavy (non-hydrogen) atoms. The number of carbonyl (C=O) groups excluding carboxylic acids is 2. The smallest absolute Gasteiger partial charge is 0.341 e. The molecule has 0 spiro atoms. The highest BCUT2D eigenvalue weighted by Gasteiger charge is 2.24. The van der Waals surface area contributed by atoms with Gasteiger partial charge in [0.1, 0.15) is 10.6 Å². The van der Waals surface area contributed by atoms with Crippen molar-refractivity contribution in [2.75, 3.05) is 11.9 Å². The molecule has 0 aliphatic rings. The molecule has 0 bridgehead atoms. The zero-order valence-corrected chi connectivity index (χ0v) is 21.8. The van der Waals surface area contributed by atoms with Gasteiger partial charge in [0.05, 0.1) is 23.4 Å². The fourth-order valence-electron chi connectivity index (χ4n) is 4.14. The zero-order valence-electron chi connectivity index (χ0n) is 20.2. The Hall–Kier alpha value is -4.00. The molecule has 2 aromatic heterocycles. The van der Waals surface area contributed by atoms with Gasteiger partial charge >= 0.3 is 5.97 Å². The number of para-hydroxylation sites is 1. The second-order valence-corrected chi connectivity index (χ2v) is 9.73. The lowest BCUT2D eigenvalue weighted by molar-refractivity contribution is 0.0529. The number of pyridine rings is 1. The van der Waals surface area contributed by atoms with Crippen LogP contribution in [0.25, 0.3) is 33.3 Å². The Morgan fingerprint density at radius 3 is 2.46 bits per heavy atom. The van der Waals surface area contributed by atoms with Crippen molar-refractivity contribution >= 4 is 50.7 Å². The standard InChI is InChI=1S/C30H23ClN2O3S/c1-3-36-30(35)27-23(19-14-12-18(2)13-15-19)17-37-29(27)33-28(34)22-16-26(21-9-4-6-10-24(21)31)32-25-11-7-5-8-20(22)25/h4-17H,3H2,1-2H3,(H,33,34). The molecular formula is C30H23ClN2O3S. The van der Waals surface area contributed by atoms with E-state index in [1.54, 1.807) is 19.1 Å². The van der Waals surface area contributed by atoms with Crippen LogP contribution in [0, 0.1) is 6.92 Å². The summed E-state index contributed by atoms with van der Waals surface area (Å²) < 4.78 is 5.35. The lowest BCUT2D eigenvalue weighted by Crippen LogP contribution is -2.15. The van der Waals surface area contributed by atoms with Gasteiger partial charge in [-0.05, 0) is 37.6 Å². The molecule has 0 fully saturated rings. The molecule has 5 aromatic rings.